The molecule has 1 aliphatic rings. The van der Waals surface area contributed by atoms with Gasteiger partial charge in [-0.15, -0.1) is 0 Å². The first-order chi connectivity index (χ1) is 10.6. The van der Waals surface area contributed by atoms with Gasteiger partial charge >= 0.3 is 0 Å². The van der Waals surface area contributed by atoms with Crippen LogP contribution in [0.2, 0.25) is 0 Å². The molecule has 1 unspecified atom stereocenters. The smallest absolute Gasteiger partial charge is 0.251 e. The first kappa shape index (κ1) is 14.6. The third-order valence-electron chi connectivity index (χ3n) is 4.39. The highest BCUT2D eigenvalue weighted by atomic mass is 16.1. The molecular formula is C19H22N2O. The van der Waals surface area contributed by atoms with Crippen molar-refractivity contribution in [1.82, 2.24) is 5.32 Å². The van der Waals surface area contributed by atoms with E-state index in [1.54, 1.807) is 24.3 Å². The summed E-state index contributed by atoms with van der Waals surface area (Å²) in [5.41, 5.74) is 11.0. The van der Waals surface area contributed by atoms with Crippen LogP contribution in [0.4, 0.5) is 5.69 Å². The molecule has 1 aliphatic carbocycles. The van der Waals surface area contributed by atoms with E-state index in [0.29, 0.717) is 11.3 Å². The van der Waals surface area contributed by atoms with E-state index in [-0.39, 0.29) is 11.9 Å². The Morgan fingerprint density at radius 1 is 1.05 bits per heavy atom. The number of aryl methyl sites for hydroxylation is 2. The summed E-state index contributed by atoms with van der Waals surface area (Å²) in [6.07, 6.45) is 4.89. The number of hydrogen-bond acceptors (Lipinski definition) is 2. The molecule has 2 aromatic rings. The molecule has 0 aromatic heterocycles. The van der Waals surface area contributed by atoms with E-state index < -0.39 is 0 Å². The summed E-state index contributed by atoms with van der Waals surface area (Å²) in [6, 6.07) is 13.6. The monoisotopic (exact) mass is 294 g/mol. The van der Waals surface area contributed by atoms with Gasteiger partial charge in [0.05, 0.1) is 6.04 Å². The normalized spacial score (nSPS) is 15.0. The zero-order valence-electron chi connectivity index (χ0n) is 12.9. The highest BCUT2D eigenvalue weighted by Crippen LogP contribution is 2.25. The van der Waals surface area contributed by atoms with Gasteiger partial charge in [0.25, 0.3) is 5.91 Å². The lowest BCUT2D eigenvalue weighted by Crippen LogP contribution is -2.26. The van der Waals surface area contributed by atoms with Crippen LogP contribution in [0.3, 0.4) is 0 Å². The molecule has 1 amide bonds. The second kappa shape index (κ2) is 6.22. The van der Waals surface area contributed by atoms with Crippen molar-refractivity contribution in [3.63, 3.8) is 0 Å². The third kappa shape index (κ3) is 3.14. The number of carbonyl (C=O) groups excluding carboxylic acids is 1. The van der Waals surface area contributed by atoms with Crippen molar-refractivity contribution in [1.29, 1.82) is 0 Å². The molecule has 0 spiro atoms. The molecule has 0 bridgehead atoms. The fraction of sp³-hybridized carbons (Fsp3) is 0.316. The minimum atomic E-state index is -0.0646. The lowest BCUT2D eigenvalue weighted by atomic mass is 9.89. The average molecular weight is 294 g/mol. The summed E-state index contributed by atoms with van der Waals surface area (Å²) in [7, 11) is 0. The predicted octanol–water partition coefficient (Wildman–Crippen LogP) is 3.64. The molecular weight excluding hydrogens is 272 g/mol. The highest BCUT2D eigenvalue weighted by molar-refractivity contribution is 5.94. The summed E-state index contributed by atoms with van der Waals surface area (Å²) in [4.78, 5) is 12.3. The standard InChI is InChI=1S/C19H22N2O/c1-13(21-19(22)15-8-10-18(20)11-9-15)16-7-6-14-4-2-3-5-17(14)12-16/h6-13H,2-5,20H2,1H3,(H,21,22). The van der Waals surface area contributed by atoms with Crippen molar-refractivity contribution in [3.05, 3.63) is 64.7 Å². The number of fused-ring (bicyclic) bond motifs is 1. The van der Waals surface area contributed by atoms with Gasteiger partial charge in [-0.2, -0.15) is 0 Å². The number of anilines is 1. The van der Waals surface area contributed by atoms with Crippen molar-refractivity contribution in [3.8, 4) is 0 Å². The number of amides is 1. The van der Waals surface area contributed by atoms with Crippen LogP contribution < -0.4 is 11.1 Å². The van der Waals surface area contributed by atoms with E-state index in [2.05, 4.69) is 23.5 Å². The van der Waals surface area contributed by atoms with E-state index in [9.17, 15) is 4.79 Å². The van der Waals surface area contributed by atoms with E-state index in [1.165, 1.54) is 36.0 Å². The zero-order chi connectivity index (χ0) is 15.5. The Balaban J connectivity index is 1.72. The van der Waals surface area contributed by atoms with Gasteiger partial charge in [-0.3, -0.25) is 4.79 Å². The predicted molar refractivity (Wildman–Crippen MR) is 89.8 cm³/mol. The maximum absolute atomic E-state index is 12.3. The van der Waals surface area contributed by atoms with Crippen molar-refractivity contribution in [2.75, 3.05) is 5.73 Å². The van der Waals surface area contributed by atoms with Crippen LogP contribution in [0.5, 0.6) is 0 Å². The Hall–Kier alpha value is -2.29. The molecule has 0 saturated heterocycles. The first-order valence-electron chi connectivity index (χ1n) is 7.91. The van der Waals surface area contributed by atoms with Crippen LogP contribution in [-0.2, 0) is 12.8 Å². The van der Waals surface area contributed by atoms with Gasteiger partial charge in [-0.05, 0) is 73.6 Å². The van der Waals surface area contributed by atoms with E-state index in [0.717, 1.165) is 6.42 Å². The van der Waals surface area contributed by atoms with Crippen LogP contribution in [-0.4, -0.2) is 5.91 Å². The van der Waals surface area contributed by atoms with Crippen molar-refractivity contribution >= 4 is 11.6 Å². The number of rotatable bonds is 3. The number of hydrogen-bond donors (Lipinski definition) is 2. The lowest BCUT2D eigenvalue weighted by molar-refractivity contribution is 0.0940. The number of nitrogens with two attached hydrogens (primary N) is 1. The van der Waals surface area contributed by atoms with E-state index in [1.807, 2.05) is 6.92 Å². The van der Waals surface area contributed by atoms with Gasteiger partial charge in [0, 0.05) is 11.3 Å². The quantitative estimate of drug-likeness (QED) is 0.849. The Morgan fingerprint density at radius 3 is 2.45 bits per heavy atom. The fourth-order valence-electron chi connectivity index (χ4n) is 3.02. The summed E-state index contributed by atoms with van der Waals surface area (Å²) >= 11 is 0. The maximum Gasteiger partial charge on any atom is 0.251 e. The fourth-order valence-corrected chi connectivity index (χ4v) is 3.02. The molecule has 0 fully saturated rings. The molecule has 2 aromatic carbocycles. The summed E-state index contributed by atoms with van der Waals surface area (Å²) in [6.45, 7) is 2.03. The van der Waals surface area contributed by atoms with E-state index >= 15 is 0 Å². The molecule has 3 N–H and O–H groups in total. The Bertz CT molecular complexity index is 676. The second-order valence-electron chi connectivity index (χ2n) is 6.05. The molecule has 0 radical (unpaired) electrons. The summed E-state index contributed by atoms with van der Waals surface area (Å²) in [5, 5.41) is 3.06. The SMILES string of the molecule is CC(NC(=O)c1ccc(N)cc1)c1ccc2c(c1)CCCC2. The number of nitrogens with one attached hydrogen (secondary N) is 1. The number of carbonyl (C=O) groups is 1. The van der Waals surface area contributed by atoms with Crippen molar-refractivity contribution in [2.24, 2.45) is 0 Å². The lowest BCUT2D eigenvalue weighted by Gasteiger charge is -2.20. The Morgan fingerprint density at radius 2 is 1.73 bits per heavy atom. The molecule has 0 saturated carbocycles. The average Bonchev–Trinajstić information content (AvgIpc) is 2.55. The summed E-state index contributed by atoms with van der Waals surface area (Å²) in [5.74, 6) is -0.0646. The van der Waals surface area contributed by atoms with Crippen LogP contribution in [0, 0.1) is 0 Å². The minimum absolute atomic E-state index is 0.00252. The largest absolute Gasteiger partial charge is 0.399 e. The topological polar surface area (TPSA) is 55.1 Å². The molecule has 22 heavy (non-hydrogen) atoms. The maximum atomic E-state index is 12.3. The van der Waals surface area contributed by atoms with Crippen LogP contribution in [0.1, 0.15) is 52.9 Å². The number of nitrogen functional groups attached to an aromatic ring is 1. The first-order valence-corrected chi connectivity index (χ1v) is 7.91. The third-order valence-corrected chi connectivity index (χ3v) is 4.39. The minimum Gasteiger partial charge on any atom is -0.399 e. The summed E-state index contributed by atoms with van der Waals surface area (Å²) < 4.78 is 0. The zero-order valence-corrected chi connectivity index (χ0v) is 12.9. The molecule has 0 heterocycles. The van der Waals surface area contributed by atoms with Gasteiger partial charge in [0.2, 0.25) is 0 Å². The molecule has 114 valence electrons. The molecule has 3 rings (SSSR count). The van der Waals surface area contributed by atoms with Crippen LogP contribution >= 0.6 is 0 Å². The van der Waals surface area contributed by atoms with Crippen molar-refractivity contribution in [2.45, 2.75) is 38.6 Å². The Labute approximate surface area is 131 Å². The van der Waals surface area contributed by atoms with Crippen LogP contribution in [0.25, 0.3) is 0 Å². The van der Waals surface area contributed by atoms with E-state index in [4.69, 9.17) is 5.73 Å². The van der Waals surface area contributed by atoms with Crippen LogP contribution in [0.15, 0.2) is 42.5 Å². The van der Waals surface area contributed by atoms with Gasteiger partial charge in [0.1, 0.15) is 0 Å². The van der Waals surface area contributed by atoms with Gasteiger partial charge < -0.3 is 11.1 Å². The Kier molecular flexibility index (Phi) is 4.14. The van der Waals surface area contributed by atoms with Gasteiger partial charge in [-0.1, -0.05) is 18.2 Å². The second-order valence-corrected chi connectivity index (χ2v) is 6.05. The molecule has 3 nitrogen and oxygen atoms in total. The number of benzene rings is 2. The highest BCUT2D eigenvalue weighted by Gasteiger charge is 2.14. The van der Waals surface area contributed by atoms with Gasteiger partial charge in [-0.25, -0.2) is 0 Å². The molecule has 1 atom stereocenters. The van der Waals surface area contributed by atoms with Gasteiger partial charge in [0.15, 0.2) is 0 Å². The van der Waals surface area contributed by atoms with Crippen molar-refractivity contribution < 1.29 is 4.79 Å². The molecule has 0 aliphatic heterocycles. The molecule has 3 heteroatoms.